The highest BCUT2D eigenvalue weighted by molar-refractivity contribution is 6.37. The normalized spacial score (nSPS) is 14.5. The van der Waals surface area contributed by atoms with E-state index < -0.39 is 0 Å². The second kappa shape index (κ2) is 5.68. The summed E-state index contributed by atoms with van der Waals surface area (Å²) in [7, 11) is 0. The molecule has 0 N–H and O–H groups in total. The standard InChI is InChI=1S/C15H9Cl3N2O/c16-10-3-1-9(2-4-10)13-8-15(21)20(19-13)14-6-5-11(17)7-12(14)18/h1-7H,8H2. The van der Waals surface area contributed by atoms with Gasteiger partial charge < -0.3 is 0 Å². The van der Waals surface area contributed by atoms with E-state index in [0.29, 0.717) is 26.5 Å². The van der Waals surface area contributed by atoms with E-state index in [4.69, 9.17) is 34.8 Å². The van der Waals surface area contributed by atoms with Crippen LogP contribution in [0.5, 0.6) is 0 Å². The highest BCUT2D eigenvalue weighted by Crippen LogP contribution is 2.32. The van der Waals surface area contributed by atoms with Crippen LogP contribution in [0.25, 0.3) is 0 Å². The number of rotatable bonds is 2. The van der Waals surface area contributed by atoms with Crippen molar-refractivity contribution < 1.29 is 4.79 Å². The Morgan fingerprint density at radius 1 is 0.952 bits per heavy atom. The van der Waals surface area contributed by atoms with Gasteiger partial charge in [0.1, 0.15) is 0 Å². The summed E-state index contributed by atoms with van der Waals surface area (Å²) in [6, 6.07) is 12.1. The molecule has 0 spiro atoms. The van der Waals surface area contributed by atoms with E-state index in [2.05, 4.69) is 5.10 Å². The lowest BCUT2D eigenvalue weighted by atomic mass is 10.1. The van der Waals surface area contributed by atoms with Gasteiger partial charge >= 0.3 is 0 Å². The topological polar surface area (TPSA) is 32.7 Å². The van der Waals surface area contributed by atoms with E-state index in [1.54, 1.807) is 30.3 Å². The van der Waals surface area contributed by atoms with Gasteiger partial charge in [0.05, 0.1) is 22.8 Å². The van der Waals surface area contributed by atoms with Gasteiger partial charge in [-0.05, 0) is 35.9 Å². The lowest BCUT2D eigenvalue weighted by molar-refractivity contribution is -0.116. The minimum absolute atomic E-state index is 0.135. The molecule has 0 fully saturated rings. The van der Waals surface area contributed by atoms with Gasteiger partial charge in [-0.25, -0.2) is 0 Å². The van der Waals surface area contributed by atoms with Gasteiger partial charge in [-0.15, -0.1) is 0 Å². The van der Waals surface area contributed by atoms with Crippen LogP contribution in [0.1, 0.15) is 12.0 Å². The van der Waals surface area contributed by atoms with Crippen LogP contribution in [0.3, 0.4) is 0 Å². The number of carbonyl (C=O) groups is 1. The number of hydrazone groups is 1. The number of amides is 1. The van der Waals surface area contributed by atoms with Crippen LogP contribution in [0.2, 0.25) is 15.1 Å². The quantitative estimate of drug-likeness (QED) is 0.774. The summed E-state index contributed by atoms with van der Waals surface area (Å²) in [4.78, 5) is 12.2. The molecule has 0 radical (unpaired) electrons. The fourth-order valence-electron chi connectivity index (χ4n) is 2.07. The van der Waals surface area contributed by atoms with Crippen molar-refractivity contribution in [2.75, 3.05) is 5.01 Å². The molecule has 106 valence electrons. The lowest BCUT2D eigenvalue weighted by Crippen LogP contribution is -2.19. The molecule has 6 heteroatoms. The Morgan fingerprint density at radius 2 is 1.62 bits per heavy atom. The first-order valence-electron chi connectivity index (χ1n) is 6.16. The molecule has 0 atom stereocenters. The SMILES string of the molecule is O=C1CC(c2ccc(Cl)cc2)=NN1c1ccc(Cl)cc1Cl. The summed E-state index contributed by atoms with van der Waals surface area (Å²) in [5.74, 6) is -0.135. The van der Waals surface area contributed by atoms with Gasteiger partial charge in [-0.1, -0.05) is 46.9 Å². The van der Waals surface area contributed by atoms with Crippen molar-refractivity contribution in [3.8, 4) is 0 Å². The zero-order valence-corrected chi connectivity index (χ0v) is 13.0. The van der Waals surface area contributed by atoms with E-state index >= 15 is 0 Å². The van der Waals surface area contributed by atoms with Crippen LogP contribution in [0.15, 0.2) is 47.6 Å². The fraction of sp³-hybridized carbons (Fsp3) is 0.0667. The number of nitrogens with zero attached hydrogens (tertiary/aromatic N) is 2. The number of hydrogen-bond donors (Lipinski definition) is 0. The summed E-state index contributed by atoms with van der Waals surface area (Å²) in [6.07, 6.45) is 0.223. The van der Waals surface area contributed by atoms with E-state index in [9.17, 15) is 4.79 Å². The summed E-state index contributed by atoms with van der Waals surface area (Å²) in [6.45, 7) is 0. The first-order chi connectivity index (χ1) is 10.0. The Kier molecular flexibility index (Phi) is 3.89. The third kappa shape index (κ3) is 2.91. The molecule has 21 heavy (non-hydrogen) atoms. The third-order valence-electron chi connectivity index (χ3n) is 3.09. The van der Waals surface area contributed by atoms with Crippen LogP contribution < -0.4 is 5.01 Å². The molecule has 3 nitrogen and oxygen atoms in total. The molecule has 0 unspecified atom stereocenters. The van der Waals surface area contributed by atoms with Crippen LogP contribution in [0.4, 0.5) is 5.69 Å². The predicted octanol–water partition coefficient (Wildman–Crippen LogP) is 4.79. The molecule has 2 aromatic carbocycles. The van der Waals surface area contributed by atoms with E-state index in [1.807, 2.05) is 12.1 Å². The molecular formula is C15H9Cl3N2O. The van der Waals surface area contributed by atoms with Crippen molar-refractivity contribution in [3.05, 3.63) is 63.1 Å². The van der Waals surface area contributed by atoms with E-state index in [1.165, 1.54) is 5.01 Å². The summed E-state index contributed by atoms with van der Waals surface area (Å²) in [5, 5.41) is 7.21. The minimum atomic E-state index is -0.135. The molecule has 0 aromatic heterocycles. The van der Waals surface area contributed by atoms with Gasteiger partial charge in [0.15, 0.2) is 0 Å². The lowest BCUT2D eigenvalue weighted by Gasteiger charge is -2.13. The highest BCUT2D eigenvalue weighted by atomic mass is 35.5. The van der Waals surface area contributed by atoms with Crippen LogP contribution in [0, 0.1) is 0 Å². The zero-order valence-electron chi connectivity index (χ0n) is 10.7. The van der Waals surface area contributed by atoms with Crippen molar-refractivity contribution in [3.63, 3.8) is 0 Å². The fourth-order valence-corrected chi connectivity index (χ4v) is 2.69. The minimum Gasteiger partial charge on any atom is -0.272 e. The van der Waals surface area contributed by atoms with Crippen LogP contribution in [-0.4, -0.2) is 11.6 Å². The average molecular weight is 340 g/mol. The predicted molar refractivity (Wildman–Crippen MR) is 86.6 cm³/mol. The second-order valence-corrected chi connectivity index (χ2v) is 5.81. The number of anilines is 1. The zero-order chi connectivity index (χ0) is 15.0. The number of halogens is 3. The highest BCUT2D eigenvalue weighted by Gasteiger charge is 2.27. The van der Waals surface area contributed by atoms with Gasteiger partial charge in [0, 0.05) is 10.0 Å². The molecule has 2 aromatic rings. The van der Waals surface area contributed by atoms with E-state index in [0.717, 1.165) is 5.56 Å². The molecular weight excluding hydrogens is 331 g/mol. The van der Waals surface area contributed by atoms with Gasteiger partial charge in [-0.2, -0.15) is 10.1 Å². The largest absolute Gasteiger partial charge is 0.272 e. The average Bonchev–Trinajstić information content (AvgIpc) is 2.81. The molecule has 0 saturated carbocycles. The van der Waals surface area contributed by atoms with Crippen molar-refractivity contribution >= 4 is 52.1 Å². The summed E-state index contributed by atoms with van der Waals surface area (Å²) in [5.41, 5.74) is 2.07. The molecule has 1 aliphatic rings. The molecule has 0 saturated heterocycles. The Hall–Kier alpha value is -1.55. The molecule has 1 aliphatic heterocycles. The molecule has 3 rings (SSSR count). The maximum atomic E-state index is 12.2. The summed E-state index contributed by atoms with van der Waals surface area (Å²) >= 11 is 17.8. The second-order valence-electron chi connectivity index (χ2n) is 4.53. The van der Waals surface area contributed by atoms with Crippen molar-refractivity contribution in [2.45, 2.75) is 6.42 Å². The Morgan fingerprint density at radius 3 is 2.29 bits per heavy atom. The first-order valence-corrected chi connectivity index (χ1v) is 7.29. The maximum absolute atomic E-state index is 12.2. The molecule has 1 amide bonds. The first kappa shape index (κ1) is 14.4. The monoisotopic (exact) mass is 338 g/mol. The van der Waals surface area contributed by atoms with Gasteiger partial charge in [-0.3, -0.25) is 4.79 Å². The molecule has 0 bridgehead atoms. The van der Waals surface area contributed by atoms with Crippen LogP contribution >= 0.6 is 34.8 Å². The van der Waals surface area contributed by atoms with E-state index in [-0.39, 0.29) is 12.3 Å². The van der Waals surface area contributed by atoms with Crippen molar-refractivity contribution in [2.24, 2.45) is 5.10 Å². The van der Waals surface area contributed by atoms with Gasteiger partial charge in [0.2, 0.25) is 0 Å². The van der Waals surface area contributed by atoms with Crippen molar-refractivity contribution in [1.82, 2.24) is 0 Å². The Labute approximate surface area is 136 Å². The summed E-state index contributed by atoms with van der Waals surface area (Å²) < 4.78 is 0. The van der Waals surface area contributed by atoms with Crippen LogP contribution in [-0.2, 0) is 4.79 Å². The third-order valence-corrected chi connectivity index (χ3v) is 3.88. The Bertz CT molecular complexity index is 741. The van der Waals surface area contributed by atoms with Crippen molar-refractivity contribution in [1.29, 1.82) is 0 Å². The molecule has 1 heterocycles. The van der Waals surface area contributed by atoms with Gasteiger partial charge in [0.25, 0.3) is 5.91 Å². The Balaban J connectivity index is 1.97. The number of benzene rings is 2. The maximum Gasteiger partial charge on any atom is 0.253 e. The smallest absolute Gasteiger partial charge is 0.253 e. The molecule has 0 aliphatic carbocycles. The number of hydrogen-bond acceptors (Lipinski definition) is 2. The number of carbonyl (C=O) groups excluding carboxylic acids is 1.